The van der Waals surface area contributed by atoms with E-state index in [2.05, 4.69) is 10.9 Å². The Morgan fingerprint density at radius 2 is 1.69 bits per heavy atom. The zero-order chi connectivity index (χ0) is 22.8. The Kier molecular flexibility index (Phi) is 5.95. The number of fused-ring (bicyclic) bond motifs is 2. The molecule has 0 radical (unpaired) electrons. The van der Waals surface area contributed by atoms with E-state index in [0.717, 1.165) is 5.56 Å². The Bertz CT molecular complexity index is 940. The average Bonchev–Trinajstić information content (AvgIpc) is 3.29. The number of hydrazine groups is 1. The van der Waals surface area contributed by atoms with Crippen LogP contribution >= 0.6 is 0 Å². The van der Waals surface area contributed by atoms with Crippen molar-refractivity contribution < 1.29 is 33.9 Å². The van der Waals surface area contributed by atoms with E-state index in [0.29, 0.717) is 24.3 Å². The van der Waals surface area contributed by atoms with Gasteiger partial charge < -0.3 is 10.0 Å². The topological polar surface area (TPSA) is 149 Å². The number of amides is 6. The highest BCUT2D eigenvalue weighted by molar-refractivity contribution is 6.00. The lowest BCUT2D eigenvalue weighted by Gasteiger charge is -2.29. The van der Waals surface area contributed by atoms with E-state index in [1.54, 1.807) is 0 Å². The van der Waals surface area contributed by atoms with Gasteiger partial charge in [0.05, 0.1) is 6.04 Å². The molecule has 12 heteroatoms. The zero-order valence-electron chi connectivity index (χ0n) is 17.1. The fraction of sp³-hybridized carbons (Fsp3) is 0.450. The van der Waals surface area contributed by atoms with Crippen LogP contribution in [0.2, 0.25) is 0 Å². The average molecular weight is 445 g/mol. The van der Waals surface area contributed by atoms with Gasteiger partial charge in [-0.15, -0.1) is 0 Å². The minimum atomic E-state index is -1.52. The van der Waals surface area contributed by atoms with Crippen molar-refractivity contribution in [2.45, 2.75) is 50.4 Å². The number of carbonyl (C=O) groups is 5. The summed E-state index contributed by atoms with van der Waals surface area (Å²) in [6.45, 7) is 0.549. The van der Waals surface area contributed by atoms with Gasteiger partial charge in [-0.25, -0.2) is 14.5 Å². The first-order valence-corrected chi connectivity index (χ1v) is 10.3. The molecule has 3 aliphatic rings. The summed E-state index contributed by atoms with van der Waals surface area (Å²) in [5.41, 5.74) is 5.35. The molecule has 1 aromatic carbocycles. The Morgan fingerprint density at radius 1 is 1.00 bits per heavy atom. The van der Waals surface area contributed by atoms with E-state index in [1.165, 1.54) is 9.96 Å². The number of rotatable bonds is 5. The van der Waals surface area contributed by atoms with Crippen LogP contribution in [-0.2, 0) is 25.8 Å². The molecule has 2 bridgehead atoms. The lowest BCUT2D eigenvalue weighted by molar-refractivity contribution is -0.140. The van der Waals surface area contributed by atoms with Crippen LogP contribution in [0.4, 0.5) is 9.59 Å². The molecule has 3 atom stereocenters. The van der Waals surface area contributed by atoms with Crippen molar-refractivity contribution in [3.05, 3.63) is 35.9 Å². The van der Waals surface area contributed by atoms with Crippen molar-refractivity contribution in [1.82, 2.24) is 25.7 Å². The van der Waals surface area contributed by atoms with E-state index >= 15 is 0 Å². The highest BCUT2D eigenvalue weighted by Gasteiger charge is 2.48. The quantitative estimate of drug-likeness (QED) is 0.548. The van der Waals surface area contributed by atoms with E-state index in [9.17, 15) is 24.0 Å². The summed E-state index contributed by atoms with van der Waals surface area (Å²) in [4.78, 5) is 68.1. The normalized spacial score (nSPS) is 24.6. The SMILES string of the molecule is O=C(NNC(=O)[C@@H]1CCC(=O)N1C(=O)O)[C@@H]1CC[C@@H]2CN1C(=O)N2OCc1ccccc1. The first-order chi connectivity index (χ1) is 15.4. The smallest absolute Gasteiger partial charge is 0.414 e. The molecule has 4 rings (SSSR count). The highest BCUT2D eigenvalue weighted by atomic mass is 16.7. The molecule has 32 heavy (non-hydrogen) atoms. The van der Waals surface area contributed by atoms with Crippen molar-refractivity contribution in [2.24, 2.45) is 0 Å². The lowest BCUT2D eigenvalue weighted by Crippen LogP contribution is -2.57. The van der Waals surface area contributed by atoms with Gasteiger partial charge in [-0.05, 0) is 24.8 Å². The number of hydrogen-bond donors (Lipinski definition) is 3. The number of nitrogens with one attached hydrogen (secondary N) is 2. The predicted octanol–water partition coefficient (Wildman–Crippen LogP) is 0.203. The van der Waals surface area contributed by atoms with Crippen LogP contribution in [0.1, 0.15) is 31.2 Å². The number of carboxylic acid groups (broad SMARTS) is 1. The number of imide groups is 1. The van der Waals surface area contributed by atoms with Gasteiger partial charge in [-0.1, -0.05) is 30.3 Å². The molecule has 170 valence electrons. The molecule has 12 nitrogen and oxygen atoms in total. The Balaban J connectivity index is 1.31. The number of benzene rings is 1. The van der Waals surface area contributed by atoms with Crippen LogP contribution in [0.3, 0.4) is 0 Å². The van der Waals surface area contributed by atoms with Crippen molar-refractivity contribution in [2.75, 3.05) is 6.54 Å². The maximum atomic E-state index is 12.8. The summed E-state index contributed by atoms with van der Waals surface area (Å²) < 4.78 is 0. The third-order valence-electron chi connectivity index (χ3n) is 5.87. The number of nitrogens with zero attached hydrogens (tertiary/aromatic N) is 3. The molecule has 0 spiro atoms. The van der Waals surface area contributed by atoms with Crippen LogP contribution in [-0.4, -0.2) is 74.5 Å². The van der Waals surface area contributed by atoms with Crippen LogP contribution < -0.4 is 10.9 Å². The standard InChI is InChI=1S/C20H23N5O7/c26-16-9-8-15(24(16)20(30)31)18(28)22-21-17(27)14-7-6-13-10-23(14)19(29)25(13)32-11-12-4-2-1-3-5-12/h1-5,13-15H,6-11H2,(H,21,27)(H,22,28)(H,30,31)/t13-,14+,15+/m1/s1. The molecular weight excluding hydrogens is 422 g/mol. The molecule has 0 saturated carbocycles. The van der Waals surface area contributed by atoms with Gasteiger partial charge >= 0.3 is 12.1 Å². The minimum absolute atomic E-state index is 0.0380. The number of carbonyl (C=O) groups excluding carboxylic acids is 4. The number of likely N-dealkylation sites (tertiary alicyclic amines) is 1. The Morgan fingerprint density at radius 3 is 2.38 bits per heavy atom. The minimum Gasteiger partial charge on any atom is -0.465 e. The molecule has 3 saturated heterocycles. The summed E-state index contributed by atoms with van der Waals surface area (Å²) >= 11 is 0. The van der Waals surface area contributed by atoms with Crippen molar-refractivity contribution in [3.63, 3.8) is 0 Å². The molecule has 0 aliphatic carbocycles. The van der Waals surface area contributed by atoms with Gasteiger partial charge in [0.2, 0.25) is 5.91 Å². The van der Waals surface area contributed by atoms with Gasteiger partial charge in [0.15, 0.2) is 0 Å². The van der Waals surface area contributed by atoms with Crippen molar-refractivity contribution in [3.8, 4) is 0 Å². The summed E-state index contributed by atoms with van der Waals surface area (Å²) in [5.74, 6) is -2.07. The van der Waals surface area contributed by atoms with Gasteiger partial charge in [-0.2, -0.15) is 5.06 Å². The second-order valence-corrected chi connectivity index (χ2v) is 7.85. The Hall–Kier alpha value is -3.67. The number of hydroxylamine groups is 2. The number of hydrogen-bond acceptors (Lipinski definition) is 6. The maximum Gasteiger partial charge on any atom is 0.414 e. The van der Waals surface area contributed by atoms with Crippen LogP contribution in [0.15, 0.2) is 30.3 Å². The fourth-order valence-electron chi connectivity index (χ4n) is 4.25. The molecule has 6 amide bonds. The third kappa shape index (κ3) is 4.08. The molecule has 3 N–H and O–H groups in total. The van der Waals surface area contributed by atoms with Gasteiger partial charge in [-0.3, -0.25) is 30.1 Å². The monoisotopic (exact) mass is 445 g/mol. The second kappa shape index (κ2) is 8.83. The van der Waals surface area contributed by atoms with E-state index in [-0.39, 0.29) is 25.5 Å². The molecule has 1 aromatic rings. The summed E-state index contributed by atoms with van der Waals surface area (Å²) in [6, 6.07) is 6.80. The van der Waals surface area contributed by atoms with E-state index in [1.807, 2.05) is 30.3 Å². The highest BCUT2D eigenvalue weighted by Crippen LogP contribution is 2.30. The lowest BCUT2D eigenvalue weighted by atomic mass is 10.0. The van der Waals surface area contributed by atoms with Gasteiger partial charge in [0.1, 0.15) is 18.7 Å². The summed E-state index contributed by atoms with van der Waals surface area (Å²) in [7, 11) is 0. The largest absolute Gasteiger partial charge is 0.465 e. The summed E-state index contributed by atoms with van der Waals surface area (Å²) in [5, 5.41) is 10.4. The van der Waals surface area contributed by atoms with Gasteiger partial charge in [0, 0.05) is 13.0 Å². The zero-order valence-corrected chi connectivity index (χ0v) is 17.1. The van der Waals surface area contributed by atoms with Crippen LogP contribution in [0.5, 0.6) is 0 Å². The van der Waals surface area contributed by atoms with Crippen molar-refractivity contribution in [1.29, 1.82) is 0 Å². The van der Waals surface area contributed by atoms with Crippen LogP contribution in [0, 0.1) is 0 Å². The van der Waals surface area contributed by atoms with E-state index in [4.69, 9.17) is 9.94 Å². The molecule has 3 heterocycles. The Labute approximate surface area is 183 Å². The first-order valence-electron chi connectivity index (χ1n) is 10.3. The van der Waals surface area contributed by atoms with Crippen LogP contribution in [0.25, 0.3) is 0 Å². The summed E-state index contributed by atoms with van der Waals surface area (Å²) in [6.07, 6.45) is -0.616. The first kappa shape index (κ1) is 21.6. The molecule has 0 aromatic heterocycles. The molecule has 0 unspecified atom stereocenters. The second-order valence-electron chi connectivity index (χ2n) is 7.85. The van der Waals surface area contributed by atoms with E-state index < -0.39 is 41.9 Å². The predicted molar refractivity (Wildman–Crippen MR) is 106 cm³/mol. The van der Waals surface area contributed by atoms with Gasteiger partial charge in [0.25, 0.3) is 11.8 Å². The van der Waals surface area contributed by atoms with Crippen molar-refractivity contribution >= 4 is 29.8 Å². The maximum absolute atomic E-state index is 12.8. The third-order valence-corrected chi connectivity index (χ3v) is 5.87. The molecule has 3 fully saturated rings. The molecular formula is C20H23N5O7. The fourth-order valence-corrected chi connectivity index (χ4v) is 4.25. The number of urea groups is 1. The number of piperidine rings is 1. The molecule has 3 aliphatic heterocycles.